The van der Waals surface area contributed by atoms with Crippen molar-refractivity contribution in [3.05, 3.63) is 58.4 Å². The molecule has 1 aromatic carbocycles. The van der Waals surface area contributed by atoms with Gasteiger partial charge in [-0.25, -0.2) is 0 Å². The summed E-state index contributed by atoms with van der Waals surface area (Å²) in [4.78, 5) is 67.2. The first-order chi connectivity index (χ1) is 18.8. The number of alkyl halides is 3. The number of hydrogen-bond acceptors (Lipinski definition) is 6. The number of halogens is 4. The first-order valence-electron chi connectivity index (χ1n) is 12.4. The van der Waals surface area contributed by atoms with Crippen molar-refractivity contribution in [2.45, 2.75) is 56.9 Å². The number of benzene rings is 1. The third kappa shape index (κ3) is 7.14. The van der Waals surface area contributed by atoms with Crippen LogP contribution in [-0.2, 0) is 20.6 Å². The summed E-state index contributed by atoms with van der Waals surface area (Å²) < 4.78 is 38.4. The second-order valence-electron chi connectivity index (χ2n) is 9.79. The number of anilines is 1. The Morgan fingerprint density at radius 3 is 2.42 bits per heavy atom. The van der Waals surface area contributed by atoms with E-state index in [1.807, 2.05) is 0 Å². The fourth-order valence-electron chi connectivity index (χ4n) is 4.25. The Balaban J connectivity index is 1.54. The van der Waals surface area contributed by atoms with E-state index in [-0.39, 0.29) is 46.2 Å². The van der Waals surface area contributed by atoms with Gasteiger partial charge in [0, 0.05) is 29.2 Å². The number of amides is 4. The lowest BCUT2D eigenvalue weighted by Crippen LogP contribution is -2.49. The summed E-state index contributed by atoms with van der Waals surface area (Å²) in [5.74, 6) is -4.45. The minimum Gasteiger partial charge on any atom is -0.353 e. The van der Waals surface area contributed by atoms with Crippen LogP contribution in [0.2, 0.25) is 5.02 Å². The Hall–Kier alpha value is -4.00. The molecule has 0 bridgehead atoms. The van der Waals surface area contributed by atoms with E-state index in [4.69, 9.17) is 11.6 Å². The van der Waals surface area contributed by atoms with E-state index in [1.54, 1.807) is 6.92 Å². The molecule has 1 aromatic heterocycles. The van der Waals surface area contributed by atoms with Crippen LogP contribution >= 0.6 is 11.6 Å². The lowest BCUT2D eigenvalue weighted by molar-refractivity contribution is -0.141. The molecule has 2 aliphatic rings. The summed E-state index contributed by atoms with van der Waals surface area (Å²) in [6.45, 7) is 1.79. The molecule has 1 saturated carbocycles. The third-order valence-corrected chi connectivity index (χ3v) is 6.70. The number of aromatic nitrogens is 1. The lowest BCUT2D eigenvalue weighted by atomic mass is 9.93. The van der Waals surface area contributed by atoms with E-state index in [9.17, 15) is 37.1 Å². The molecule has 4 amide bonds. The molecule has 1 aliphatic heterocycles. The van der Waals surface area contributed by atoms with Crippen molar-refractivity contribution in [3.63, 3.8) is 0 Å². The van der Waals surface area contributed by atoms with Crippen molar-refractivity contribution in [2.24, 2.45) is 5.92 Å². The highest BCUT2D eigenvalue weighted by Gasteiger charge is 2.38. The summed E-state index contributed by atoms with van der Waals surface area (Å²) in [5, 5.41) is 10.4. The minimum atomic E-state index is -4.68. The monoisotopic (exact) mass is 579 g/mol. The highest BCUT2D eigenvalue weighted by Crippen LogP contribution is 2.28. The number of ketones is 1. The van der Waals surface area contributed by atoms with Gasteiger partial charge in [0.25, 0.3) is 17.7 Å². The average molecular weight is 580 g/mol. The second-order valence-corrected chi connectivity index (χ2v) is 10.2. The molecule has 10 nitrogen and oxygen atoms in total. The van der Waals surface area contributed by atoms with E-state index < -0.39 is 47.3 Å². The molecule has 1 saturated heterocycles. The fraction of sp³-hybridized carbons (Fsp3) is 0.385. The Morgan fingerprint density at radius 2 is 1.85 bits per heavy atom. The molecular formula is C26H25ClF3N5O5. The summed E-state index contributed by atoms with van der Waals surface area (Å²) >= 11 is 6.07. The van der Waals surface area contributed by atoms with Gasteiger partial charge in [0.2, 0.25) is 11.7 Å². The summed E-state index contributed by atoms with van der Waals surface area (Å²) in [6, 6.07) is 3.86. The van der Waals surface area contributed by atoms with Crippen molar-refractivity contribution in [1.29, 1.82) is 0 Å². The van der Waals surface area contributed by atoms with Crippen molar-refractivity contribution >= 4 is 46.7 Å². The van der Waals surface area contributed by atoms with Crippen LogP contribution in [0.4, 0.5) is 18.9 Å². The molecule has 4 N–H and O–H groups in total. The first-order valence-corrected chi connectivity index (χ1v) is 12.8. The Labute approximate surface area is 231 Å². The van der Waals surface area contributed by atoms with Crippen LogP contribution in [0.15, 0.2) is 36.5 Å². The molecule has 40 heavy (non-hydrogen) atoms. The molecule has 212 valence electrons. The van der Waals surface area contributed by atoms with Gasteiger partial charge < -0.3 is 21.3 Å². The summed E-state index contributed by atoms with van der Waals surface area (Å²) in [5.41, 5.74) is -1.62. The maximum absolute atomic E-state index is 13.3. The Kier molecular flexibility index (Phi) is 8.43. The van der Waals surface area contributed by atoms with Gasteiger partial charge in [-0.1, -0.05) is 11.6 Å². The van der Waals surface area contributed by atoms with E-state index >= 15 is 0 Å². The molecule has 1 unspecified atom stereocenters. The van der Waals surface area contributed by atoms with Gasteiger partial charge in [-0.3, -0.25) is 29.0 Å². The van der Waals surface area contributed by atoms with E-state index in [0.717, 1.165) is 25.1 Å². The number of nitrogens with zero attached hydrogens (tertiary/aromatic N) is 1. The predicted octanol–water partition coefficient (Wildman–Crippen LogP) is 2.87. The second kappa shape index (κ2) is 11.6. The summed E-state index contributed by atoms with van der Waals surface area (Å²) in [6.07, 6.45) is -2.19. The van der Waals surface area contributed by atoms with Crippen molar-refractivity contribution in [3.8, 4) is 0 Å². The molecule has 2 aromatic rings. The molecule has 0 spiro atoms. The van der Waals surface area contributed by atoms with Crippen molar-refractivity contribution in [2.75, 3.05) is 5.32 Å². The number of rotatable bonds is 9. The largest absolute Gasteiger partial charge is 0.433 e. The maximum atomic E-state index is 13.3. The molecule has 3 atom stereocenters. The van der Waals surface area contributed by atoms with Crippen LogP contribution in [0, 0.1) is 5.92 Å². The molecule has 4 rings (SSSR count). The molecule has 0 radical (unpaired) electrons. The number of pyridine rings is 1. The molecule has 2 heterocycles. The quantitative estimate of drug-likeness (QED) is 0.336. The zero-order chi connectivity index (χ0) is 29.2. The highest BCUT2D eigenvalue weighted by atomic mass is 35.5. The third-order valence-electron chi connectivity index (χ3n) is 6.47. The van der Waals surface area contributed by atoms with Gasteiger partial charge in [0.1, 0.15) is 5.69 Å². The van der Waals surface area contributed by atoms with Gasteiger partial charge in [-0.05, 0) is 62.9 Å². The van der Waals surface area contributed by atoms with Crippen molar-refractivity contribution < 1.29 is 37.1 Å². The highest BCUT2D eigenvalue weighted by molar-refractivity contribution is 6.38. The molecule has 2 fully saturated rings. The SMILES string of the molecule is C[C@@H]1C[C@@H](CC(NC(=O)c2cc(Cl)ccc2NC(=O)c2ccc(C(F)(F)F)nc2)C(=O)C(=O)NC2CC2)C(=O)N1. The number of carbonyl (C=O) groups excluding carboxylic acids is 5. The number of nitrogens with one attached hydrogen (secondary N) is 4. The maximum Gasteiger partial charge on any atom is 0.433 e. The van der Waals surface area contributed by atoms with Gasteiger partial charge in [0.15, 0.2) is 0 Å². The van der Waals surface area contributed by atoms with Gasteiger partial charge in [-0.2, -0.15) is 13.2 Å². The first kappa shape index (κ1) is 29.0. The molecule has 1 aliphatic carbocycles. The van der Waals surface area contributed by atoms with E-state index in [1.165, 1.54) is 18.2 Å². The normalized spacial score (nSPS) is 19.4. The predicted molar refractivity (Wildman–Crippen MR) is 136 cm³/mol. The van der Waals surface area contributed by atoms with Crippen LogP contribution < -0.4 is 21.3 Å². The van der Waals surface area contributed by atoms with Gasteiger partial charge >= 0.3 is 6.18 Å². The Morgan fingerprint density at radius 1 is 1.12 bits per heavy atom. The van der Waals surface area contributed by atoms with E-state index in [0.29, 0.717) is 12.5 Å². The molecule has 14 heteroatoms. The van der Waals surface area contributed by atoms with Crippen molar-refractivity contribution in [1.82, 2.24) is 20.9 Å². The van der Waals surface area contributed by atoms with E-state index in [2.05, 4.69) is 26.3 Å². The smallest absolute Gasteiger partial charge is 0.353 e. The number of Topliss-reactive ketones (excluding diaryl/α,β-unsaturated/α-hetero) is 1. The van der Waals surface area contributed by atoms with Crippen LogP contribution in [0.3, 0.4) is 0 Å². The topological polar surface area (TPSA) is 146 Å². The number of hydrogen-bond donors (Lipinski definition) is 4. The summed E-state index contributed by atoms with van der Waals surface area (Å²) in [7, 11) is 0. The number of carbonyl (C=O) groups is 5. The van der Waals surface area contributed by atoms with Gasteiger partial charge in [-0.15, -0.1) is 0 Å². The fourth-order valence-corrected chi connectivity index (χ4v) is 4.43. The lowest BCUT2D eigenvalue weighted by Gasteiger charge is -2.21. The average Bonchev–Trinajstić information content (AvgIpc) is 3.65. The standard InChI is InChI=1S/C26H25ClF3N5O5/c1-12-8-14(23(38)32-12)9-19(21(36)25(40)33-16-4-5-16)35-24(39)17-10-15(27)3-6-18(17)34-22(37)13-2-7-20(31-11-13)26(28,29)30/h2-3,6-7,10-12,14,16,19H,4-5,8-9H2,1H3,(H,32,38)(H,33,40)(H,34,37)(H,35,39)/t12-,14+,19?/m1/s1. The Bertz CT molecular complexity index is 1350. The van der Waals surface area contributed by atoms with Gasteiger partial charge in [0.05, 0.1) is 22.9 Å². The van der Waals surface area contributed by atoms with Crippen LogP contribution in [0.5, 0.6) is 0 Å². The minimum absolute atomic E-state index is 0.0624. The van der Waals surface area contributed by atoms with Crippen LogP contribution in [-0.4, -0.2) is 52.5 Å². The zero-order valence-corrected chi connectivity index (χ0v) is 21.9. The van der Waals surface area contributed by atoms with Crippen LogP contribution in [0.1, 0.15) is 59.0 Å². The molecular weight excluding hydrogens is 555 g/mol. The van der Waals surface area contributed by atoms with Crippen LogP contribution in [0.25, 0.3) is 0 Å². The zero-order valence-electron chi connectivity index (χ0n) is 21.1.